The maximum absolute atomic E-state index is 3.73. The Labute approximate surface area is 190 Å². The van der Waals surface area contributed by atoms with Crippen molar-refractivity contribution < 1.29 is 0 Å². The summed E-state index contributed by atoms with van der Waals surface area (Å²) in [5.74, 6) is 1.72. The minimum absolute atomic E-state index is 0.330. The molecular weight excluding hydrogens is 360 g/mol. The molecule has 0 saturated heterocycles. The van der Waals surface area contributed by atoms with E-state index in [-0.39, 0.29) is 0 Å². The number of hydrogen-bond acceptors (Lipinski definition) is 0. The molecule has 0 spiro atoms. The second-order valence-electron chi connectivity index (χ2n) is 9.96. The number of hydrogen-bond donors (Lipinski definition) is 0. The standard InChI is InChI=1S/C30H53/c1-6-11-14-15-19-24-30(29-22-17-16-18-23-29,25-27(9-4)20-12-7-2)26-28(10-5)21-13-8-3/h16-18,22,27-28H,6-15,19-21,24-26H2,1-5H3. The summed E-state index contributed by atoms with van der Waals surface area (Å²) in [6.07, 6.45) is 21.9. The van der Waals surface area contributed by atoms with E-state index in [1.807, 2.05) is 0 Å². The molecule has 2 unspecified atom stereocenters. The largest absolute Gasteiger partial charge is 0.0654 e. The van der Waals surface area contributed by atoms with Crippen LogP contribution in [-0.2, 0) is 5.41 Å². The van der Waals surface area contributed by atoms with Crippen LogP contribution in [0.5, 0.6) is 0 Å². The Bertz CT molecular complexity index is 470. The van der Waals surface area contributed by atoms with Crippen LogP contribution in [0.15, 0.2) is 24.3 Å². The summed E-state index contributed by atoms with van der Waals surface area (Å²) in [5, 5.41) is 0. The van der Waals surface area contributed by atoms with Crippen LogP contribution in [-0.4, -0.2) is 0 Å². The molecule has 1 aromatic carbocycles. The molecule has 1 aromatic rings. The predicted octanol–water partition coefficient (Wildman–Crippen LogP) is 10.3. The summed E-state index contributed by atoms with van der Waals surface area (Å²) in [6, 6.07) is 12.7. The van der Waals surface area contributed by atoms with Gasteiger partial charge in [0.2, 0.25) is 0 Å². The van der Waals surface area contributed by atoms with Crippen molar-refractivity contribution in [3.8, 4) is 0 Å². The smallest absolute Gasteiger partial charge is 0.00356 e. The molecule has 1 radical (unpaired) electrons. The molecule has 0 bridgehead atoms. The van der Waals surface area contributed by atoms with E-state index in [0.717, 1.165) is 11.8 Å². The molecule has 0 heterocycles. The van der Waals surface area contributed by atoms with Gasteiger partial charge < -0.3 is 0 Å². The predicted molar refractivity (Wildman–Crippen MR) is 136 cm³/mol. The van der Waals surface area contributed by atoms with Crippen LogP contribution in [0.4, 0.5) is 0 Å². The fraction of sp³-hybridized carbons (Fsp3) is 0.800. The molecule has 0 N–H and O–H groups in total. The topological polar surface area (TPSA) is 0 Å². The van der Waals surface area contributed by atoms with Gasteiger partial charge in [-0.2, -0.15) is 0 Å². The fourth-order valence-electron chi connectivity index (χ4n) is 5.42. The van der Waals surface area contributed by atoms with E-state index in [4.69, 9.17) is 0 Å². The van der Waals surface area contributed by atoms with E-state index in [9.17, 15) is 0 Å². The van der Waals surface area contributed by atoms with Gasteiger partial charge in [-0.05, 0) is 48.1 Å². The first-order chi connectivity index (χ1) is 14.7. The average molecular weight is 414 g/mol. The van der Waals surface area contributed by atoms with Gasteiger partial charge in [0, 0.05) is 0 Å². The average Bonchev–Trinajstić information content (AvgIpc) is 2.79. The van der Waals surface area contributed by atoms with Gasteiger partial charge in [-0.25, -0.2) is 0 Å². The van der Waals surface area contributed by atoms with Crippen LogP contribution in [0.1, 0.15) is 143 Å². The van der Waals surface area contributed by atoms with Crippen molar-refractivity contribution in [2.24, 2.45) is 11.8 Å². The summed E-state index contributed by atoms with van der Waals surface area (Å²) in [4.78, 5) is 0. The lowest BCUT2D eigenvalue weighted by atomic mass is 9.64. The Morgan fingerprint density at radius 3 is 1.73 bits per heavy atom. The molecule has 2 atom stereocenters. The van der Waals surface area contributed by atoms with Crippen LogP contribution >= 0.6 is 0 Å². The summed E-state index contributed by atoms with van der Waals surface area (Å²) >= 11 is 0. The minimum Gasteiger partial charge on any atom is -0.0654 e. The van der Waals surface area contributed by atoms with Crippen LogP contribution in [0, 0.1) is 17.9 Å². The molecule has 173 valence electrons. The SMILES string of the molecule is CCCCCCCC(CC(CC)CCCC)(CC(CC)CCCC)c1[c]cccc1. The maximum atomic E-state index is 3.73. The van der Waals surface area contributed by atoms with Crippen molar-refractivity contribution in [1.82, 2.24) is 0 Å². The summed E-state index contributed by atoms with van der Waals surface area (Å²) in [7, 11) is 0. The van der Waals surface area contributed by atoms with Crippen LogP contribution in [0.25, 0.3) is 0 Å². The molecule has 0 saturated carbocycles. The van der Waals surface area contributed by atoms with Gasteiger partial charge in [-0.3, -0.25) is 0 Å². The molecular formula is C30H53. The highest BCUT2D eigenvalue weighted by molar-refractivity contribution is 5.24. The molecule has 0 aliphatic rings. The molecule has 0 nitrogen and oxygen atoms in total. The van der Waals surface area contributed by atoms with Gasteiger partial charge in [-0.15, -0.1) is 0 Å². The molecule has 1 rings (SSSR count). The molecule has 0 aromatic heterocycles. The zero-order chi connectivity index (χ0) is 22.1. The van der Waals surface area contributed by atoms with Crippen molar-refractivity contribution in [3.63, 3.8) is 0 Å². The molecule has 0 amide bonds. The maximum Gasteiger partial charge on any atom is -0.00356 e. The highest BCUT2D eigenvalue weighted by Crippen LogP contribution is 2.45. The van der Waals surface area contributed by atoms with Crippen molar-refractivity contribution in [1.29, 1.82) is 0 Å². The molecule has 30 heavy (non-hydrogen) atoms. The first-order valence-electron chi connectivity index (χ1n) is 13.6. The zero-order valence-electron chi connectivity index (χ0n) is 21.3. The lowest BCUT2D eigenvalue weighted by molar-refractivity contribution is 0.208. The van der Waals surface area contributed by atoms with Gasteiger partial charge in [-0.1, -0.05) is 142 Å². The second-order valence-corrected chi connectivity index (χ2v) is 9.96. The van der Waals surface area contributed by atoms with Gasteiger partial charge in [0.15, 0.2) is 0 Å². The Balaban J connectivity index is 3.15. The van der Waals surface area contributed by atoms with Crippen LogP contribution in [0.2, 0.25) is 0 Å². The van der Waals surface area contributed by atoms with Crippen LogP contribution < -0.4 is 0 Å². The van der Waals surface area contributed by atoms with E-state index in [0.29, 0.717) is 5.41 Å². The summed E-state index contributed by atoms with van der Waals surface area (Å²) < 4.78 is 0. The molecule has 0 aliphatic heterocycles. The highest BCUT2D eigenvalue weighted by atomic mass is 14.4. The summed E-state index contributed by atoms with van der Waals surface area (Å²) in [6.45, 7) is 11.9. The van der Waals surface area contributed by atoms with Gasteiger partial charge in [0.1, 0.15) is 0 Å². The van der Waals surface area contributed by atoms with E-state index >= 15 is 0 Å². The van der Waals surface area contributed by atoms with Crippen molar-refractivity contribution in [2.75, 3.05) is 0 Å². The fourth-order valence-corrected chi connectivity index (χ4v) is 5.42. The second kappa shape index (κ2) is 16.9. The quantitative estimate of drug-likeness (QED) is 0.198. The molecule has 0 aliphatic carbocycles. The van der Waals surface area contributed by atoms with Crippen LogP contribution in [0.3, 0.4) is 0 Å². The summed E-state index contributed by atoms with van der Waals surface area (Å²) in [5.41, 5.74) is 1.85. The van der Waals surface area contributed by atoms with Crippen molar-refractivity contribution >= 4 is 0 Å². The number of rotatable bonds is 19. The van der Waals surface area contributed by atoms with Gasteiger partial charge in [0.05, 0.1) is 0 Å². The number of unbranched alkanes of at least 4 members (excludes halogenated alkanes) is 6. The Morgan fingerprint density at radius 1 is 0.700 bits per heavy atom. The van der Waals surface area contributed by atoms with E-state index in [1.54, 1.807) is 0 Å². The monoisotopic (exact) mass is 413 g/mol. The zero-order valence-corrected chi connectivity index (χ0v) is 21.3. The van der Waals surface area contributed by atoms with E-state index in [2.05, 4.69) is 65.0 Å². The third-order valence-electron chi connectivity index (χ3n) is 7.48. The normalized spacial score (nSPS) is 15.6. The van der Waals surface area contributed by atoms with Crippen molar-refractivity contribution in [2.45, 2.75) is 143 Å². The number of benzene rings is 1. The Kier molecular flexibility index (Phi) is 15.3. The molecule has 0 fully saturated rings. The third-order valence-corrected chi connectivity index (χ3v) is 7.48. The lowest BCUT2D eigenvalue weighted by Crippen LogP contribution is -2.32. The minimum atomic E-state index is 0.330. The lowest BCUT2D eigenvalue weighted by Gasteiger charge is -2.40. The van der Waals surface area contributed by atoms with E-state index in [1.165, 1.54) is 108 Å². The first kappa shape index (κ1) is 27.3. The first-order valence-corrected chi connectivity index (χ1v) is 13.6. The third kappa shape index (κ3) is 10.0. The van der Waals surface area contributed by atoms with Crippen molar-refractivity contribution in [3.05, 3.63) is 35.9 Å². The van der Waals surface area contributed by atoms with E-state index < -0.39 is 0 Å². The molecule has 0 heteroatoms. The van der Waals surface area contributed by atoms with Gasteiger partial charge >= 0.3 is 0 Å². The van der Waals surface area contributed by atoms with Gasteiger partial charge in [0.25, 0.3) is 0 Å². The Hall–Kier alpha value is -0.780. The Morgan fingerprint density at radius 2 is 1.27 bits per heavy atom. The highest BCUT2D eigenvalue weighted by Gasteiger charge is 2.35.